The van der Waals surface area contributed by atoms with Crippen LogP contribution in [0.4, 0.5) is 23.7 Å². The Balaban J connectivity index is 1.50. The van der Waals surface area contributed by atoms with E-state index in [2.05, 4.69) is 20.7 Å². The maximum Gasteiger partial charge on any atom is 0.416 e. The Hall–Kier alpha value is -3.36. The van der Waals surface area contributed by atoms with E-state index in [0.717, 1.165) is 23.4 Å². The van der Waals surface area contributed by atoms with E-state index in [1.807, 2.05) is 18.2 Å². The smallest absolute Gasteiger partial charge is 0.336 e. The van der Waals surface area contributed by atoms with Crippen LogP contribution in [0, 0.1) is 0 Å². The average Bonchev–Trinajstić information content (AvgIpc) is 3.11. The molecule has 2 heterocycles. The Labute approximate surface area is 153 Å². The van der Waals surface area contributed by atoms with Crippen molar-refractivity contribution in [3.63, 3.8) is 0 Å². The van der Waals surface area contributed by atoms with Crippen molar-refractivity contribution in [3.8, 4) is 11.3 Å². The van der Waals surface area contributed by atoms with Crippen molar-refractivity contribution in [1.82, 2.24) is 20.1 Å². The summed E-state index contributed by atoms with van der Waals surface area (Å²) in [7, 11) is 0. The first-order chi connectivity index (χ1) is 12.9. The van der Waals surface area contributed by atoms with Crippen LogP contribution in [-0.4, -0.2) is 27.3 Å². The Morgan fingerprint density at radius 1 is 1.11 bits per heavy atom. The van der Waals surface area contributed by atoms with Gasteiger partial charge in [-0.15, -0.1) is 0 Å². The molecule has 2 aromatic heterocycles. The Bertz CT molecular complexity index is 909. The van der Waals surface area contributed by atoms with Crippen molar-refractivity contribution >= 4 is 11.7 Å². The van der Waals surface area contributed by atoms with Gasteiger partial charge in [0.05, 0.1) is 17.8 Å². The van der Waals surface area contributed by atoms with Crippen molar-refractivity contribution in [2.75, 3.05) is 11.9 Å². The molecule has 140 valence electrons. The number of anilines is 1. The highest BCUT2D eigenvalue weighted by molar-refractivity contribution is 5.89. The summed E-state index contributed by atoms with van der Waals surface area (Å²) in [6.07, 6.45) is 0.672. The van der Waals surface area contributed by atoms with Crippen LogP contribution in [0.1, 0.15) is 5.56 Å². The molecule has 0 atom stereocenters. The van der Waals surface area contributed by atoms with Crippen molar-refractivity contribution < 1.29 is 18.0 Å². The van der Waals surface area contributed by atoms with E-state index in [1.165, 1.54) is 12.1 Å². The van der Waals surface area contributed by atoms with Crippen LogP contribution in [0.25, 0.3) is 11.3 Å². The molecule has 0 saturated carbocycles. The van der Waals surface area contributed by atoms with Crippen LogP contribution >= 0.6 is 0 Å². The monoisotopic (exact) mass is 375 g/mol. The zero-order chi connectivity index (χ0) is 19.3. The van der Waals surface area contributed by atoms with E-state index in [1.54, 1.807) is 23.3 Å². The van der Waals surface area contributed by atoms with Gasteiger partial charge < -0.3 is 10.6 Å². The number of carbonyl (C=O) groups excluding carboxylic acids is 1. The second-order valence-corrected chi connectivity index (χ2v) is 5.66. The molecule has 6 nitrogen and oxygen atoms in total. The van der Waals surface area contributed by atoms with E-state index in [4.69, 9.17) is 0 Å². The molecule has 2 N–H and O–H groups in total. The molecule has 1 aromatic carbocycles. The topological polar surface area (TPSA) is 71.8 Å². The normalized spacial score (nSPS) is 11.2. The molecule has 0 saturated heterocycles. The molecule has 0 aliphatic carbocycles. The van der Waals surface area contributed by atoms with Crippen LogP contribution in [0.5, 0.6) is 0 Å². The second-order valence-electron chi connectivity index (χ2n) is 5.66. The molecule has 0 fully saturated rings. The number of alkyl halides is 3. The molecule has 0 aliphatic heterocycles. The molecule has 2 amide bonds. The number of hydrogen-bond acceptors (Lipinski definition) is 3. The van der Waals surface area contributed by atoms with Gasteiger partial charge in [0.25, 0.3) is 0 Å². The molecule has 9 heteroatoms. The fourth-order valence-corrected chi connectivity index (χ4v) is 2.40. The quantitative estimate of drug-likeness (QED) is 0.713. The zero-order valence-electron chi connectivity index (χ0n) is 14.1. The minimum absolute atomic E-state index is 0.0707. The number of hydrogen-bond donors (Lipinski definition) is 2. The highest BCUT2D eigenvalue weighted by Crippen LogP contribution is 2.30. The van der Waals surface area contributed by atoms with Crippen LogP contribution in [0.15, 0.2) is 61.1 Å². The van der Waals surface area contributed by atoms with Gasteiger partial charge >= 0.3 is 12.2 Å². The van der Waals surface area contributed by atoms with Gasteiger partial charge in [0.2, 0.25) is 0 Å². The maximum atomic E-state index is 12.7. The van der Waals surface area contributed by atoms with E-state index < -0.39 is 17.8 Å². The molecule has 0 bridgehead atoms. The fraction of sp³-hybridized carbons (Fsp3) is 0.167. The summed E-state index contributed by atoms with van der Waals surface area (Å²) in [5.74, 6) is 0. The van der Waals surface area contributed by atoms with Gasteiger partial charge in [-0.1, -0.05) is 6.07 Å². The Morgan fingerprint density at radius 3 is 2.63 bits per heavy atom. The molecular formula is C18H16F3N5O. The number of nitrogens with one attached hydrogen (secondary N) is 2. The second kappa shape index (κ2) is 7.90. The summed E-state index contributed by atoms with van der Waals surface area (Å²) < 4.78 is 39.7. The lowest BCUT2D eigenvalue weighted by Gasteiger charge is -2.10. The van der Waals surface area contributed by atoms with Gasteiger partial charge in [-0.25, -0.2) is 4.79 Å². The lowest BCUT2D eigenvalue weighted by atomic mass is 10.2. The minimum Gasteiger partial charge on any atom is -0.336 e. The maximum absolute atomic E-state index is 12.7. The lowest BCUT2D eigenvalue weighted by molar-refractivity contribution is -0.137. The third-order valence-corrected chi connectivity index (χ3v) is 3.69. The third kappa shape index (κ3) is 5.06. The Kier molecular flexibility index (Phi) is 5.39. The first kappa shape index (κ1) is 18.4. The number of pyridine rings is 1. The summed E-state index contributed by atoms with van der Waals surface area (Å²) in [6, 6.07) is 9.40. The zero-order valence-corrected chi connectivity index (χ0v) is 14.1. The minimum atomic E-state index is -4.46. The van der Waals surface area contributed by atoms with E-state index in [9.17, 15) is 18.0 Å². The van der Waals surface area contributed by atoms with E-state index in [0.29, 0.717) is 6.54 Å². The number of aromatic nitrogens is 3. The molecule has 27 heavy (non-hydrogen) atoms. The summed E-state index contributed by atoms with van der Waals surface area (Å²) in [5, 5.41) is 9.36. The summed E-state index contributed by atoms with van der Waals surface area (Å²) in [5.41, 5.74) is 0.965. The number of halogens is 3. The number of carbonyl (C=O) groups is 1. The summed E-state index contributed by atoms with van der Waals surface area (Å²) >= 11 is 0. The van der Waals surface area contributed by atoms with Crippen molar-refractivity contribution in [2.24, 2.45) is 0 Å². The van der Waals surface area contributed by atoms with E-state index >= 15 is 0 Å². The van der Waals surface area contributed by atoms with Gasteiger partial charge in [0.1, 0.15) is 0 Å². The lowest BCUT2D eigenvalue weighted by Crippen LogP contribution is -2.31. The fourth-order valence-electron chi connectivity index (χ4n) is 2.40. The van der Waals surface area contributed by atoms with Crippen LogP contribution in [-0.2, 0) is 12.7 Å². The SMILES string of the molecule is O=C(NCCn1ccc(-c2ccncc2)n1)Nc1cccc(C(F)(F)F)c1. The molecule has 0 aliphatic rings. The number of benzene rings is 1. The molecular weight excluding hydrogens is 359 g/mol. The molecule has 0 radical (unpaired) electrons. The standard InChI is InChI=1S/C18H16F3N5O/c19-18(20,21)14-2-1-3-15(12-14)24-17(27)23-9-11-26-10-6-16(25-26)13-4-7-22-8-5-13/h1-8,10,12H,9,11H2,(H2,23,24,27). The summed E-state index contributed by atoms with van der Waals surface area (Å²) in [6.45, 7) is 0.684. The molecule has 0 spiro atoms. The Morgan fingerprint density at radius 2 is 1.89 bits per heavy atom. The van der Waals surface area contributed by atoms with Crippen molar-refractivity contribution in [3.05, 3.63) is 66.6 Å². The van der Waals surface area contributed by atoms with Crippen LogP contribution < -0.4 is 10.6 Å². The number of urea groups is 1. The van der Waals surface area contributed by atoms with Gasteiger partial charge in [0, 0.05) is 36.4 Å². The predicted molar refractivity (Wildman–Crippen MR) is 93.9 cm³/mol. The number of rotatable bonds is 5. The molecule has 3 rings (SSSR count). The van der Waals surface area contributed by atoms with E-state index in [-0.39, 0.29) is 12.2 Å². The highest BCUT2D eigenvalue weighted by Gasteiger charge is 2.30. The van der Waals surface area contributed by atoms with Gasteiger partial charge in [-0.2, -0.15) is 18.3 Å². The number of amides is 2. The van der Waals surface area contributed by atoms with Crippen LogP contribution in [0.3, 0.4) is 0 Å². The molecule has 0 unspecified atom stereocenters. The first-order valence-corrected chi connectivity index (χ1v) is 8.08. The average molecular weight is 375 g/mol. The highest BCUT2D eigenvalue weighted by atomic mass is 19.4. The van der Waals surface area contributed by atoms with Crippen LogP contribution in [0.2, 0.25) is 0 Å². The van der Waals surface area contributed by atoms with Crippen molar-refractivity contribution in [2.45, 2.75) is 12.7 Å². The largest absolute Gasteiger partial charge is 0.416 e. The number of nitrogens with zero attached hydrogens (tertiary/aromatic N) is 3. The first-order valence-electron chi connectivity index (χ1n) is 8.08. The third-order valence-electron chi connectivity index (χ3n) is 3.69. The van der Waals surface area contributed by atoms with Crippen molar-refractivity contribution in [1.29, 1.82) is 0 Å². The van der Waals surface area contributed by atoms with Gasteiger partial charge in [-0.05, 0) is 36.4 Å². The predicted octanol–water partition coefficient (Wildman–Crippen LogP) is 3.79. The van der Waals surface area contributed by atoms with Gasteiger partial charge in [-0.3, -0.25) is 9.67 Å². The van der Waals surface area contributed by atoms with Gasteiger partial charge in [0.15, 0.2) is 0 Å². The molecule has 3 aromatic rings. The summed E-state index contributed by atoms with van der Waals surface area (Å²) in [4.78, 5) is 15.8.